The van der Waals surface area contributed by atoms with Gasteiger partial charge in [-0.05, 0) is 52.9 Å². The quantitative estimate of drug-likeness (QED) is 0.512. The Kier molecular flexibility index (Phi) is 9.95. The molecule has 0 radical (unpaired) electrons. The lowest BCUT2D eigenvalue weighted by Gasteiger charge is -2.24. The van der Waals surface area contributed by atoms with Crippen LogP contribution in [0.1, 0.15) is 55.5 Å². The standard InChI is InChI=1S/C24H35N5O2S/c1-7-28(8-2)15-14-26-23(30)22-17(6)27-24(32-22)18-12-13-20(29(9-3)10-4)19(16-25)21(18)31-11-5/h12-13H,7-11,14-15H2,1-6H3,(H,26,30). The lowest BCUT2D eigenvalue weighted by molar-refractivity contribution is 0.0952. The predicted octanol–water partition coefficient (Wildman–Crippen LogP) is 4.31. The first-order valence-electron chi connectivity index (χ1n) is 11.4. The van der Waals surface area contributed by atoms with Crippen molar-refractivity contribution < 1.29 is 9.53 Å². The normalized spacial score (nSPS) is 10.8. The number of nitriles is 1. The molecule has 0 saturated carbocycles. The number of carbonyl (C=O) groups excluding carboxylic acids is 1. The molecule has 174 valence electrons. The Morgan fingerprint density at radius 2 is 1.84 bits per heavy atom. The van der Waals surface area contributed by atoms with Crippen LogP contribution in [-0.4, -0.2) is 61.7 Å². The SMILES string of the molecule is CCOc1c(-c2nc(C)c(C(=O)NCCN(CC)CC)s2)ccc(N(CC)CC)c1C#N. The van der Waals surface area contributed by atoms with Crippen LogP contribution in [0.5, 0.6) is 5.75 Å². The average molecular weight is 458 g/mol. The van der Waals surface area contributed by atoms with E-state index in [0.717, 1.165) is 44.0 Å². The zero-order valence-corrected chi connectivity index (χ0v) is 20.9. The van der Waals surface area contributed by atoms with Crippen molar-refractivity contribution in [3.63, 3.8) is 0 Å². The number of ether oxygens (including phenoxy) is 1. The largest absolute Gasteiger partial charge is 0.492 e. The smallest absolute Gasteiger partial charge is 0.263 e. The lowest BCUT2D eigenvalue weighted by Crippen LogP contribution is -2.34. The van der Waals surface area contributed by atoms with E-state index in [1.807, 2.05) is 26.0 Å². The highest BCUT2D eigenvalue weighted by Gasteiger charge is 2.23. The minimum atomic E-state index is -0.114. The summed E-state index contributed by atoms with van der Waals surface area (Å²) >= 11 is 1.34. The third kappa shape index (κ3) is 5.78. The molecule has 0 saturated heterocycles. The molecule has 7 nitrogen and oxygen atoms in total. The van der Waals surface area contributed by atoms with Gasteiger partial charge in [0, 0.05) is 26.2 Å². The molecule has 0 aliphatic heterocycles. The second kappa shape index (κ2) is 12.4. The molecule has 0 aliphatic rings. The number of anilines is 1. The number of hydrogen-bond donors (Lipinski definition) is 1. The number of aromatic nitrogens is 1. The van der Waals surface area contributed by atoms with Crippen molar-refractivity contribution in [1.82, 2.24) is 15.2 Å². The molecular weight excluding hydrogens is 422 g/mol. The molecule has 0 spiro atoms. The molecule has 0 bridgehead atoms. The van der Waals surface area contributed by atoms with E-state index in [9.17, 15) is 10.1 Å². The lowest BCUT2D eigenvalue weighted by atomic mass is 10.1. The molecule has 1 amide bonds. The molecule has 1 aromatic heterocycles. The number of rotatable bonds is 12. The van der Waals surface area contributed by atoms with Gasteiger partial charge in [-0.2, -0.15) is 5.26 Å². The fourth-order valence-corrected chi connectivity index (χ4v) is 4.65. The van der Waals surface area contributed by atoms with E-state index in [0.29, 0.717) is 40.0 Å². The van der Waals surface area contributed by atoms with Gasteiger partial charge in [-0.3, -0.25) is 4.79 Å². The molecule has 8 heteroatoms. The molecular formula is C24H35N5O2S. The third-order valence-electron chi connectivity index (χ3n) is 5.48. The fraction of sp³-hybridized carbons (Fsp3) is 0.542. The highest BCUT2D eigenvalue weighted by molar-refractivity contribution is 7.17. The van der Waals surface area contributed by atoms with E-state index in [2.05, 4.69) is 53.9 Å². The summed E-state index contributed by atoms with van der Waals surface area (Å²) in [5.74, 6) is 0.415. The molecule has 1 aromatic carbocycles. The maximum Gasteiger partial charge on any atom is 0.263 e. The topological polar surface area (TPSA) is 81.5 Å². The van der Waals surface area contributed by atoms with Crippen molar-refractivity contribution >= 4 is 22.9 Å². The number of hydrogen-bond acceptors (Lipinski definition) is 7. The Bertz CT molecular complexity index is 943. The molecule has 1 N–H and O–H groups in total. The molecule has 0 atom stereocenters. The van der Waals surface area contributed by atoms with Crippen LogP contribution in [0.25, 0.3) is 10.6 Å². The van der Waals surface area contributed by atoms with Crippen LogP contribution >= 0.6 is 11.3 Å². The zero-order chi connectivity index (χ0) is 23.7. The van der Waals surface area contributed by atoms with E-state index in [4.69, 9.17) is 4.74 Å². The molecule has 2 aromatic rings. The van der Waals surface area contributed by atoms with Gasteiger partial charge in [0.05, 0.1) is 23.6 Å². The first-order chi connectivity index (χ1) is 15.4. The van der Waals surface area contributed by atoms with Gasteiger partial charge < -0.3 is 19.9 Å². The van der Waals surface area contributed by atoms with Crippen LogP contribution in [0.4, 0.5) is 5.69 Å². The number of nitrogens with one attached hydrogen (secondary N) is 1. The highest BCUT2D eigenvalue weighted by atomic mass is 32.1. The van der Waals surface area contributed by atoms with Gasteiger partial charge in [0.15, 0.2) is 0 Å². The Morgan fingerprint density at radius 1 is 1.16 bits per heavy atom. The second-order valence-electron chi connectivity index (χ2n) is 7.27. The van der Waals surface area contributed by atoms with Crippen LogP contribution in [0, 0.1) is 18.3 Å². The molecule has 1 heterocycles. The number of amides is 1. The van der Waals surface area contributed by atoms with Gasteiger partial charge >= 0.3 is 0 Å². The van der Waals surface area contributed by atoms with E-state index in [1.165, 1.54) is 11.3 Å². The van der Waals surface area contributed by atoms with Crippen molar-refractivity contribution in [2.75, 3.05) is 50.8 Å². The summed E-state index contributed by atoms with van der Waals surface area (Å²) in [6.45, 7) is 17.5. The molecule has 32 heavy (non-hydrogen) atoms. The molecule has 0 aliphatic carbocycles. The van der Waals surface area contributed by atoms with E-state index >= 15 is 0 Å². The minimum Gasteiger partial charge on any atom is -0.492 e. The number of carbonyl (C=O) groups is 1. The zero-order valence-electron chi connectivity index (χ0n) is 20.1. The monoisotopic (exact) mass is 457 g/mol. The first-order valence-corrected chi connectivity index (χ1v) is 12.2. The van der Waals surface area contributed by atoms with Crippen LogP contribution in [0.15, 0.2) is 12.1 Å². The van der Waals surface area contributed by atoms with Crippen molar-refractivity contribution in [1.29, 1.82) is 5.26 Å². The van der Waals surface area contributed by atoms with Gasteiger partial charge in [-0.15, -0.1) is 11.3 Å². The number of aryl methyl sites for hydroxylation is 1. The van der Waals surface area contributed by atoms with E-state index in [1.54, 1.807) is 0 Å². The van der Waals surface area contributed by atoms with Gasteiger partial charge in [-0.1, -0.05) is 13.8 Å². The van der Waals surface area contributed by atoms with Gasteiger partial charge in [0.1, 0.15) is 27.3 Å². The molecule has 0 unspecified atom stereocenters. The van der Waals surface area contributed by atoms with Crippen molar-refractivity contribution in [3.05, 3.63) is 28.3 Å². The number of likely N-dealkylation sites (N-methyl/N-ethyl adjacent to an activating group) is 1. The minimum absolute atomic E-state index is 0.114. The predicted molar refractivity (Wildman–Crippen MR) is 132 cm³/mol. The van der Waals surface area contributed by atoms with Crippen molar-refractivity contribution in [2.45, 2.75) is 41.5 Å². The van der Waals surface area contributed by atoms with Gasteiger partial charge in [0.2, 0.25) is 0 Å². The van der Waals surface area contributed by atoms with Crippen molar-refractivity contribution in [3.8, 4) is 22.4 Å². The third-order valence-corrected chi connectivity index (χ3v) is 6.67. The van der Waals surface area contributed by atoms with Gasteiger partial charge in [0.25, 0.3) is 5.91 Å². The summed E-state index contributed by atoms with van der Waals surface area (Å²) in [5.41, 5.74) is 2.78. The number of benzene rings is 1. The second-order valence-corrected chi connectivity index (χ2v) is 8.27. The summed E-state index contributed by atoms with van der Waals surface area (Å²) in [5, 5.41) is 13.6. The number of nitrogens with zero attached hydrogens (tertiary/aromatic N) is 4. The highest BCUT2D eigenvalue weighted by Crippen LogP contribution is 2.40. The number of thiazole rings is 1. The summed E-state index contributed by atoms with van der Waals surface area (Å²) < 4.78 is 5.93. The van der Waals surface area contributed by atoms with Crippen molar-refractivity contribution in [2.24, 2.45) is 0 Å². The summed E-state index contributed by atoms with van der Waals surface area (Å²) in [7, 11) is 0. The van der Waals surface area contributed by atoms with Gasteiger partial charge in [-0.25, -0.2) is 4.98 Å². The Morgan fingerprint density at radius 3 is 2.41 bits per heavy atom. The van der Waals surface area contributed by atoms with Crippen LogP contribution in [-0.2, 0) is 0 Å². The van der Waals surface area contributed by atoms with Crippen LogP contribution < -0.4 is 15.0 Å². The van der Waals surface area contributed by atoms with E-state index in [-0.39, 0.29) is 5.91 Å². The first kappa shape index (κ1) is 25.6. The van der Waals surface area contributed by atoms with E-state index < -0.39 is 0 Å². The maximum atomic E-state index is 12.8. The molecule has 0 fully saturated rings. The Labute approximate surface area is 196 Å². The summed E-state index contributed by atoms with van der Waals surface area (Å²) in [6.07, 6.45) is 0. The van der Waals surface area contributed by atoms with Crippen LogP contribution in [0.3, 0.4) is 0 Å². The average Bonchev–Trinajstić information content (AvgIpc) is 3.19. The molecule has 2 rings (SSSR count). The Hall–Kier alpha value is -2.63. The maximum absolute atomic E-state index is 12.8. The summed E-state index contributed by atoms with van der Waals surface area (Å²) in [6, 6.07) is 6.22. The Balaban J connectivity index is 2.38. The fourth-order valence-electron chi connectivity index (χ4n) is 3.64. The summed E-state index contributed by atoms with van der Waals surface area (Å²) in [4.78, 5) is 22.4. The van der Waals surface area contributed by atoms with Crippen LogP contribution in [0.2, 0.25) is 0 Å².